The molecule has 16 heavy (non-hydrogen) atoms. The molecular weight excluding hydrogens is 222 g/mol. The van der Waals surface area contributed by atoms with Crippen LogP contribution in [0.4, 0.5) is 0 Å². The summed E-state index contributed by atoms with van der Waals surface area (Å²) in [5, 5.41) is 18.2. The van der Waals surface area contributed by atoms with E-state index in [1.807, 2.05) is 12.1 Å². The molecule has 0 aliphatic carbocycles. The van der Waals surface area contributed by atoms with Crippen molar-refractivity contribution in [1.29, 1.82) is 10.5 Å². The predicted molar refractivity (Wildman–Crippen MR) is 56.9 cm³/mol. The Morgan fingerprint density at radius 2 is 2.19 bits per heavy atom. The average Bonchev–Trinajstić information content (AvgIpc) is 2.82. The smallest absolute Gasteiger partial charge is 0.201 e. The molecule has 0 amide bonds. The molecule has 4 nitrogen and oxygen atoms in total. The van der Waals surface area contributed by atoms with Crippen molar-refractivity contribution in [3.63, 3.8) is 0 Å². The third-order valence-corrected chi connectivity index (χ3v) is 2.40. The molecule has 0 fully saturated rings. The van der Waals surface area contributed by atoms with Gasteiger partial charge in [0, 0.05) is 0 Å². The molecule has 0 saturated carbocycles. The van der Waals surface area contributed by atoms with E-state index in [2.05, 4.69) is 10.5 Å². The van der Waals surface area contributed by atoms with Gasteiger partial charge in [0.2, 0.25) is 5.06 Å². The fraction of sp³-hybridized carbons (Fsp3) is 0. The molecule has 1 heterocycles. The average molecular weight is 226 g/mol. The summed E-state index contributed by atoms with van der Waals surface area (Å²) in [6.07, 6.45) is 1.50. The van der Waals surface area contributed by atoms with Gasteiger partial charge in [0.05, 0.1) is 23.4 Å². The van der Waals surface area contributed by atoms with Crippen LogP contribution < -0.4 is 4.74 Å². The number of nitriles is 2. The molecule has 0 atom stereocenters. The molecule has 0 N–H and O–H groups in total. The lowest BCUT2D eigenvalue weighted by Gasteiger charge is -2.04. The molecule has 1 radical (unpaired) electrons. The van der Waals surface area contributed by atoms with Gasteiger partial charge in [-0.05, 0) is 18.2 Å². The van der Waals surface area contributed by atoms with Crippen LogP contribution in [0.5, 0.6) is 10.8 Å². The Hall–Kier alpha value is -2.37. The number of aromatic nitrogens is 1. The first-order chi connectivity index (χ1) is 7.83. The first kappa shape index (κ1) is 10.2. The third-order valence-electron chi connectivity index (χ3n) is 1.81. The van der Waals surface area contributed by atoms with E-state index < -0.39 is 0 Å². The van der Waals surface area contributed by atoms with Crippen molar-refractivity contribution < 1.29 is 4.74 Å². The molecule has 0 bridgehead atoms. The van der Waals surface area contributed by atoms with Gasteiger partial charge in [0.15, 0.2) is 5.51 Å². The number of hydrogen-bond donors (Lipinski definition) is 0. The standard InChI is InChI=1S/C11H4N3OS/c12-4-8-1-2-9(5-13)10(3-8)15-11-6-14-7-16-11/h1-3,6H. The van der Waals surface area contributed by atoms with Crippen molar-refractivity contribution in [2.24, 2.45) is 0 Å². The van der Waals surface area contributed by atoms with E-state index in [1.165, 1.54) is 23.6 Å². The Bertz CT molecular complexity index is 578. The Balaban J connectivity index is 2.39. The second-order valence-corrected chi connectivity index (χ2v) is 3.60. The lowest BCUT2D eigenvalue weighted by Crippen LogP contribution is -1.87. The Kier molecular flexibility index (Phi) is 2.81. The normalized spacial score (nSPS) is 9.12. The molecule has 0 unspecified atom stereocenters. The number of benzene rings is 1. The van der Waals surface area contributed by atoms with Gasteiger partial charge in [0.25, 0.3) is 0 Å². The second-order valence-electron chi connectivity index (χ2n) is 2.81. The van der Waals surface area contributed by atoms with E-state index in [0.717, 1.165) is 0 Å². The molecule has 2 rings (SSSR count). The molecule has 0 spiro atoms. The minimum absolute atomic E-state index is 0.360. The fourth-order valence-corrected chi connectivity index (χ4v) is 1.53. The van der Waals surface area contributed by atoms with Crippen LogP contribution in [0.25, 0.3) is 0 Å². The van der Waals surface area contributed by atoms with Crippen molar-refractivity contribution in [2.75, 3.05) is 0 Å². The van der Waals surface area contributed by atoms with E-state index in [4.69, 9.17) is 15.3 Å². The summed E-state index contributed by atoms with van der Waals surface area (Å²) < 4.78 is 5.43. The molecular formula is C11H4N3OS. The van der Waals surface area contributed by atoms with Gasteiger partial charge in [0.1, 0.15) is 11.8 Å². The maximum Gasteiger partial charge on any atom is 0.201 e. The van der Waals surface area contributed by atoms with E-state index >= 15 is 0 Å². The van der Waals surface area contributed by atoms with Gasteiger partial charge in [-0.1, -0.05) is 11.3 Å². The summed E-state index contributed by atoms with van der Waals surface area (Å²) in [5.41, 5.74) is 3.46. The van der Waals surface area contributed by atoms with Crippen LogP contribution in [0, 0.1) is 28.2 Å². The zero-order valence-electron chi connectivity index (χ0n) is 7.97. The summed E-state index contributed by atoms with van der Waals surface area (Å²) >= 11 is 1.20. The maximum atomic E-state index is 8.88. The zero-order valence-corrected chi connectivity index (χ0v) is 8.78. The van der Waals surface area contributed by atoms with E-state index in [0.29, 0.717) is 21.9 Å². The van der Waals surface area contributed by atoms with E-state index in [1.54, 1.807) is 12.1 Å². The zero-order chi connectivity index (χ0) is 11.4. The number of ether oxygens (including phenoxy) is 1. The minimum Gasteiger partial charge on any atom is -0.444 e. The van der Waals surface area contributed by atoms with Crippen molar-refractivity contribution in [3.8, 4) is 23.0 Å². The highest BCUT2D eigenvalue weighted by Crippen LogP contribution is 2.28. The fourth-order valence-electron chi connectivity index (χ4n) is 1.10. The first-order valence-electron chi connectivity index (χ1n) is 4.27. The summed E-state index contributed by atoms with van der Waals surface area (Å²) in [5.74, 6) is 0.360. The highest BCUT2D eigenvalue weighted by Gasteiger charge is 2.07. The van der Waals surface area contributed by atoms with Gasteiger partial charge in [-0.25, -0.2) is 4.98 Å². The van der Waals surface area contributed by atoms with Gasteiger partial charge in [-0.15, -0.1) is 0 Å². The lowest BCUT2D eigenvalue weighted by molar-refractivity contribution is 0.493. The van der Waals surface area contributed by atoms with Crippen LogP contribution in [-0.2, 0) is 0 Å². The topological polar surface area (TPSA) is 69.7 Å². The quantitative estimate of drug-likeness (QED) is 0.788. The van der Waals surface area contributed by atoms with Crippen molar-refractivity contribution >= 4 is 11.3 Å². The summed E-state index contributed by atoms with van der Waals surface area (Å²) in [6.45, 7) is 0. The molecule has 2 aromatic rings. The van der Waals surface area contributed by atoms with Gasteiger partial charge < -0.3 is 4.74 Å². The van der Waals surface area contributed by atoms with Crippen molar-refractivity contribution in [2.45, 2.75) is 0 Å². The minimum atomic E-state index is 0.360. The highest BCUT2D eigenvalue weighted by molar-refractivity contribution is 7.11. The molecule has 1 aromatic heterocycles. The van der Waals surface area contributed by atoms with E-state index in [9.17, 15) is 0 Å². The number of nitrogens with zero attached hydrogens (tertiary/aromatic N) is 3. The molecule has 0 aliphatic rings. The third kappa shape index (κ3) is 2.00. The van der Waals surface area contributed by atoms with Crippen LogP contribution in [-0.4, -0.2) is 4.98 Å². The molecule has 1 aromatic carbocycles. The molecule has 5 heteroatoms. The Labute approximate surface area is 96.0 Å². The summed E-state index contributed by atoms with van der Waals surface area (Å²) in [7, 11) is 0. The monoisotopic (exact) mass is 226 g/mol. The van der Waals surface area contributed by atoms with Crippen LogP contribution in [0.3, 0.4) is 0 Å². The molecule has 75 valence electrons. The van der Waals surface area contributed by atoms with Crippen LogP contribution >= 0.6 is 11.3 Å². The molecule has 0 aliphatic heterocycles. The molecule has 0 saturated heterocycles. The van der Waals surface area contributed by atoms with Crippen LogP contribution in [0.1, 0.15) is 11.1 Å². The second kappa shape index (κ2) is 4.43. The highest BCUT2D eigenvalue weighted by atomic mass is 32.1. The maximum absolute atomic E-state index is 8.88. The SMILES string of the molecule is N#Cc1ccc(C#N)c(Oc2cn[c]s2)c1. The van der Waals surface area contributed by atoms with Crippen molar-refractivity contribution in [3.05, 3.63) is 41.0 Å². The Morgan fingerprint density at radius 3 is 2.81 bits per heavy atom. The van der Waals surface area contributed by atoms with Crippen molar-refractivity contribution in [1.82, 2.24) is 4.98 Å². The van der Waals surface area contributed by atoms with Gasteiger partial charge in [-0.2, -0.15) is 10.5 Å². The summed E-state index contributed by atoms with van der Waals surface area (Å²) in [6, 6.07) is 8.64. The predicted octanol–water partition coefficient (Wildman–Crippen LogP) is 2.48. The first-order valence-corrected chi connectivity index (χ1v) is 5.09. The van der Waals surface area contributed by atoms with E-state index in [-0.39, 0.29) is 0 Å². The number of hydrogen-bond acceptors (Lipinski definition) is 5. The summed E-state index contributed by atoms with van der Waals surface area (Å²) in [4.78, 5) is 3.74. The van der Waals surface area contributed by atoms with Gasteiger partial charge >= 0.3 is 0 Å². The number of thiazole rings is 1. The van der Waals surface area contributed by atoms with Gasteiger partial charge in [-0.3, -0.25) is 0 Å². The Morgan fingerprint density at radius 1 is 1.31 bits per heavy atom. The lowest BCUT2D eigenvalue weighted by atomic mass is 10.1. The van der Waals surface area contributed by atoms with Crippen LogP contribution in [0.2, 0.25) is 0 Å². The largest absolute Gasteiger partial charge is 0.444 e. The van der Waals surface area contributed by atoms with Crippen LogP contribution in [0.15, 0.2) is 24.4 Å². The number of rotatable bonds is 2.